The van der Waals surface area contributed by atoms with Crippen molar-refractivity contribution in [3.63, 3.8) is 0 Å². The SMILES string of the molecule is C=NC=Nc1c(C)/c(=C(/C#N)C(=O)OCC(CC)CCCC)c2ncncc2/c1=C(/C#N)C(=O)OCCCCCC. The number of hydrogen-bond acceptors (Lipinski definition) is 9. The molecule has 1 aromatic carbocycles. The predicted molar refractivity (Wildman–Crippen MR) is 159 cm³/mol. The van der Waals surface area contributed by atoms with Gasteiger partial charge in [-0.2, -0.15) is 10.5 Å². The first-order valence-electron chi connectivity index (χ1n) is 14.0. The van der Waals surface area contributed by atoms with Crippen LogP contribution in [0.4, 0.5) is 5.69 Å². The second-order valence-corrected chi connectivity index (χ2v) is 9.62. The maximum atomic E-state index is 13.2. The van der Waals surface area contributed by atoms with Crippen LogP contribution in [0.15, 0.2) is 22.5 Å². The maximum absolute atomic E-state index is 13.2. The Morgan fingerprint density at radius 3 is 2.34 bits per heavy atom. The molecule has 0 aliphatic heterocycles. The Balaban J connectivity index is 2.84. The lowest BCUT2D eigenvalue weighted by atomic mass is 9.98. The largest absolute Gasteiger partial charge is 0.462 e. The van der Waals surface area contributed by atoms with Crippen LogP contribution in [-0.2, 0) is 19.1 Å². The molecule has 0 amide bonds. The molecule has 10 heteroatoms. The molecule has 2 aromatic rings. The average Bonchev–Trinajstić information content (AvgIpc) is 2.98. The summed E-state index contributed by atoms with van der Waals surface area (Å²) in [6.45, 7) is 11.6. The highest BCUT2D eigenvalue weighted by Gasteiger charge is 2.23. The third kappa shape index (κ3) is 8.52. The molecule has 10 nitrogen and oxygen atoms in total. The van der Waals surface area contributed by atoms with Gasteiger partial charge in [0.15, 0.2) is 0 Å². The van der Waals surface area contributed by atoms with Crippen LogP contribution in [0.3, 0.4) is 0 Å². The van der Waals surface area contributed by atoms with Crippen molar-refractivity contribution in [1.82, 2.24) is 9.97 Å². The minimum atomic E-state index is -0.814. The fraction of sp³-hybridized carbons (Fsp3) is 0.484. The van der Waals surface area contributed by atoms with Crippen molar-refractivity contribution in [3.05, 3.63) is 28.5 Å². The highest BCUT2D eigenvalue weighted by molar-refractivity contribution is 6.19. The Morgan fingerprint density at radius 2 is 1.71 bits per heavy atom. The molecular weight excluding hydrogens is 520 g/mol. The molecule has 1 atom stereocenters. The molecule has 216 valence electrons. The number of ether oxygens (including phenoxy) is 2. The zero-order valence-electron chi connectivity index (χ0n) is 24.4. The minimum absolute atomic E-state index is 0.124. The Labute approximate surface area is 241 Å². The van der Waals surface area contributed by atoms with E-state index in [9.17, 15) is 20.1 Å². The summed E-state index contributed by atoms with van der Waals surface area (Å²) < 4.78 is 11.0. The van der Waals surface area contributed by atoms with Crippen molar-refractivity contribution in [3.8, 4) is 12.1 Å². The minimum Gasteiger partial charge on any atom is -0.462 e. The summed E-state index contributed by atoms with van der Waals surface area (Å²) in [6.07, 6.45) is 11.3. The standard InChI is InChI=1S/C31H38N6O4/c1-6-9-11-12-14-40-30(38)24(16-33)27-25-17-35-20-37-29(25)26(21(4)28(27)36-19-34-5)23(15-32)31(39)41-18-22(8-3)13-10-7-2/h17,19-20,22H,5-14,18H2,1-4H3/b26-23+,27-24+,36-19?. The Kier molecular flexibility index (Phi) is 13.8. The Hall–Kier alpha value is -4.44. The summed E-state index contributed by atoms with van der Waals surface area (Å²) in [5.74, 6) is -1.42. The molecule has 0 fully saturated rings. The van der Waals surface area contributed by atoms with Crippen molar-refractivity contribution in [2.75, 3.05) is 13.2 Å². The first-order chi connectivity index (χ1) is 19.9. The molecule has 0 bridgehead atoms. The third-order valence-electron chi connectivity index (χ3n) is 6.81. The molecule has 0 saturated heterocycles. The van der Waals surface area contributed by atoms with Crippen LogP contribution in [0, 0.1) is 35.5 Å². The molecule has 0 saturated carbocycles. The first-order valence-corrected chi connectivity index (χ1v) is 14.0. The summed E-state index contributed by atoms with van der Waals surface area (Å²) in [6, 6.07) is 3.93. The quantitative estimate of drug-likeness (QED) is 0.134. The number of carbonyl (C=O) groups is 2. The number of benzene rings is 1. The molecule has 41 heavy (non-hydrogen) atoms. The summed E-state index contributed by atoms with van der Waals surface area (Å²) >= 11 is 0. The topological polar surface area (TPSA) is 151 Å². The van der Waals surface area contributed by atoms with Crippen molar-refractivity contribution < 1.29 is 19.1 Å². The van der Waals surface area contributed by atoms with Crippen LogP contribution in [0.25, 0.3) is 22.0 Å². The fourth-order valence-corrected chi connectivity index (χ4v) is 4.48. The number of nitrogens with zero attached hydrogens (tertiary/aromatic N) is 6. The van der Waals surface area contributed by atoms with E-state index in [-0.39, 0.29) is 57.3 Å². The number of esters is 2. The van der Waals surface area contributed by atoms with E-state index in [1.54, 1.807) is 6.92 Å². The van der Waals surface area contributed by atoms with Crippen molar-refractivity contribution in [1.29, 1.82) is 10.5 Å². The van der Waals surface area contributed by atoms with Gasteiger partial charge < -0.3 is 9.47 Å². The van der Waals surface area contributed by atoms with E-state index in [0.717, 1.165) is 51.3 Å². The van der Waals surface area contributed by atoms with Crippen LogP contribution in [0.1, 0.15) is 77.7 Å². The van der Waals surface area contributed by atoms with E-state index in [1.807, 2.05) is 19.1 Å². The van der Waals surface area contributed by atoms with Gasteiger partial charge in [-0.15, -0.1) is 0 Å². The number of carbonyl (C=O) groups excluding carboxylic acids is 2. The lowest BCUT2D eigenvalue weighted by molar-refractivity contribution is -0.138. The lowest BCUT2D eigenvalue weighted by Crippen LogP contribution is -2.27. The third-order valence-corrected chi connectivity index (χ3v) is 6.81. The second-order valence-electron chi connectivity index (χ2n) is 9.62. The Bertz CT molecular complexity index is 1480. The molecule has 1 heterocycles. The molecule has 0 aliphatic rings. The van der Waals surface area contributed by atoms with Gasteiger partial charge in [-0.25, -0.2) is 24.5 Å². The van der Waals surface area contributed by atoms with Crippen LogP contribution in [0.5, 0.6) is 0 Å². The molecule has 0 N–H and O–H groups in total. The normalized spacial score (nSPS) is 13.2. The highest BCUT2D eigenvalue weighted by Crippen LogP contribution is 2.19. The summed E-state index contributed by atoms with van der Waals surface area (Å²) in [7, 11) is 0. The lowest BCUT2D eigenvalue weighted by Gasteiger charge is -2.15. The van der Waals surface area contributed by atoms with Gasteiger partial charge in [0.1, 0.15) is 36.0 Å². The van der Waals surface area contributed by atoms with Crippen molar-refractivity contribution in [2.45, 2.75) is 79.1 Å². The average molecular weight is 559 g/mol. The van der Waals surface area contributed by atoms with E-state index in [2.05, 4.69) is 40.5 Å². The van der Waals surface area contributed by atoms with Gasteiger partial charge in [-0.3, -0.25) is 4.99 Å². The van der Waals surface area contributed by atoms with E-state index < -0.39 is 11.9 Å². The molecule has 0 spiro atoms. The van der Waals surface area contributed by atoms with Crippen LogP contribution in [0.2, 0.25) is 0 Å². The maximum Gasteiger partial charge on any atom is 0.349 e. The molecule has 1 aromatic heterocycles. The van der Waals surface area contributed by atoms with Crippen molar-refractivity contribution in [2.24, 2.45) is 15.9 Å². The van der Waals surface area contributed by atoms with Gasteiger partial charge in [-0.05, 0) is 38.0 Å². The van der Waals surface area contributed by atoms with Gasteiger partial charge >= 0.3 is 11.9 Å². The number of unbranched alkanes of at least 4 members (excludes halogenated alkanes) is 4. The first kappa shape index (κ1) is 32.8. The second kappa shape index (κ2) is 17.3. The molecular formula is C31H38N6O4. The summed E-state index contributed by atoms with van der Waals surface area (Å²) in [5.41, 5.74) is 0.121. The van der Waals surface area contributed by atoms with Crippen molar-refractivity contribution >= 4 is 52.7 Å². The van der Waals surface area contributed by atoms with Gasteiger partial charge in [0.05, 0.1) is 24.4 Å². The number of rotatable bonds is 15. The zero-order chi connectivity index (χ0) is 30.2. The summed E-state index contributed by atoms with van der Waals surface area (Å²) in [5, 5.41) is 20.7. The van der Waals surface area contributed by atoms with Gasteiger partial charge in [0, 0.05) is 22.0 Å². The molecule has 2 rings (SSSR count). The molecule has 0 aliphatic carbocycles. The molecule has 0 radical (unpaired) electrons. The molecule has 1 unspecified atom stereocenters. The van der Waals surface area contributed by atoms with Gasteiger partial charge in [0.25, 0.3) is 0 Å². The predicted octanol–water partition coefficient (Wildman–Crippen LogP) is 4.53. The smallest absolute Gasteiger partial charge is 0.349 e. The van der Waals surface area contributed by atoms with Crippen LogP contribution in [-0.4, -0.2) is 48.2 Å². The monoisotopic (exact) mass is 558 g/mol. The number of fused-ring (bicyclic) bond motifs is 1. The fourth-order valence-electron chi connectivity index (χ4n) is 4.48. The zero-order valence-corrected chi connectivity index (χ0v) is 24.4. The number of aromatic nitrogens is 2. The van der Waals surface area contributed by atoms with E-state index in [0.29, 0.717) is 12.0 Å². The number of aliphatic imine (C=N–C) groups is 2. The highest BCUT2D eigenvalue weighted by atomic mass is 16.5. The van der Waals surface area contributed by atoms with E-state index in [1.165, 1.54) is 12.5 Å². The Morgan fingerprint density at radius 1 is 1.02 bits per heavy atom. The van der Waals surface area contributed by atoms with E-state index >= 15 is 0 Å². The van der Waals surface area contributed by atoms with Gasteiger partial charge in [0.2, 0.25) is 0 Å². The van der Waals surface area contributed by atoms with Crippen LogP contribution >= 0.6 is 0 Å². The van der Waals surface area contributed by atoms with E-state index in [4.69, 9.17) is 9.47 Å². The summed E-state index contributed by atoms with van der Waals surface area (Å²) in [4.78, 5) is 42.8. The number of nitriles is 2. The van der Waals surface area contributed by atoms with Gasteiger partial charge in [-0.1, -0.05) is 59.3 Å². The number of hydrogen-bond donors (Lipinski definition) is 0. The van der Waals surface area contributed by atoms with Crippen LogP contribution < -0.4 is 10.4 Å².